The highest BCUT2D eigenvalue weighted by atomic mass is 35.5. The molecular weight excluding hydrogens is 558 g/mol. The zero-order valence-electron chi connectivity index (χ0n) is 20.5. The highest BCUT2D eigenvalue weighted by Gasteiger charge is 2.38. The Morgan fingerprint density at radius 1 is 1.17 bits per heavy atom. The fourth-order valence-corrected chi connectivity index (χ4v) is 8.97. The molecule has 2 aromatic heterocycles. The second-order valence-corrected chi connectivity index (χ2v) is 12.1. The van der Waals surface area contributed by atoms with Crippen molar-refractivity contribution >= 4 is 82.6 Å². The molecule has 3 aromatic rings. The SMILES string of the molecule is CCN1C(=O)/C(=c2/s/c(=C3/SCCN3C)c(=O)n2CC)S/C1=N/c1sc2cc(OC)ccc2[n+]1C.[Cl-]. The van der Waals surface area contributed by atoms with Gasteiger partial charge in [0.15, 0.2) is 0 Å². The predicted octanol–water partition coefficient (Wildman–Crippen LogP) is -0.883. The van der Waals surface area contributed by atoms with Crippen molar-refractivity contribution in [1.29, 1.82) is 0 Å². The number of methoxy groups -OCH3 is 1. The van der Waals surface area contributed by atoms with Gasteiger partial charge in [-0.2, -0.15) is 0 Å². The number of amidine groups is 1. The number of rotatable bonds is 4. The Bertz CT molecular complexity index is 1560. The second kappa shape index (κ2) is 10.8. The fourth-order valence-electron chi connectivity index (χ4n) is 4.06. The van der Waals surface area contributed by atoms with Crippen LogP contribution in [-0.2, 0) is 18.4 Å². The van der Waals surface area contributed by atoms with Gasteiger partial charge in [0.05, 0.1) is 23.9 Å². The van der Waals surface area contributed by atoms with Crippen LogP contribution < -0.4 is 36.5 Å². The number of thiazole rings is 2. The number of nitrogens with zero attached hydrogens (tertiary/aromatic N) is 5. The number of aromatic nitrogens is 2. The molecular formula is C23H26ClN5O3S4. The monoisotopic (exact) mass is 583 g/mol. The molecule has 0 N–H and O–H groups in total. The number of ether oxygens (including phenoxy) is 1. The lowest BCUT2D eigenvalue weighted by Crippen LogP contribution is -3.00. The van der Waals surface area contributed by atoms with E-state index in [-0.39, 0.29) is 23.9 Å². The van der Waals surface area contributed by atoms with Crippen LogP contribution in [0.1, 0.15) is 13.8 Å². The van der Waals surface area contributed by atoms with Crippen molar-refractivity contribution in [2.45, 2.75) is 20.4 Å². The molecule has 2 fully saturated rings. The van der Waals surface area contributed by atoms with E-state index in [1.54, 1.807) is 39.7 Å². The third-order valence-corrected chi connectivity index (χ3v) is 10.8. The minimum Gasteiger partial charge on any atom is -1.00 e. The molecule has 0 aliphatic carbocycles. The molecule has 2 aliphatic heterocycles. The van der Waals surface area contributed by atoms with E-state index < -0.39 is 0 Å². The lowest BCUT2D eigenvalue weighted by atomic mass is 10.3. The van der Waals surface area contributed by atoms with E-state index in [1.165, 1.54) is 23.1 Å². The van der Waals surface area contributed by atoms with E-state index in [0.29, 0.717) is 32.4 Å². The third-order valence-electron chi connectivity index (χ3n) is 5.99. The molecule has 192 valence electrons. The molecule has 0 atom stereocenters. The van der Waals surface area contributed by atoms with Crippen molar-refractivity contribution in [2.75, 3.05) is 33.0 Å². The summed E-state index contributed by atoms with van der Waals surface area (Å²) in [4.78, 5) is 36.0. The molecule has 4 heterocycles. The maximum atomic E-state index is 13.5. The van der Waals surface area contributed by atoms with E-state index in [9.17, 15) is 9.59 Å². The normalized spacial score (nSPS) is 20.1. The lowest BCUT2D eigenvalue weighted by Gasteiger charge is -2.08. The zero-order valence-corrected chi connectivity index (χ0v) is 24.6. The van der Waals surface area contributed by atoms with Crippen molar-refractivity contribution in [3.63, 3.8) is 0 Å². The molecule has 1 aromatic carbocycles. The number of thioether (sulfide) groups is 2. The first kappa shape index (κ1) is 27.1. The van der Waals surface area contributed by atoms with Gasteiger partial charge in [0.2, 0.25) is 0 Å². The van der Waals surface area contributed by atoms with Crippen molar-refractivity contribution in [2.24, 2.45) is 12.0 Å². The summed E-state index contributed by atoms with van der Waals surface area (Å²) < 4.78 is 11.6. The van der Waals surface area contributed by atoms with Crippen LogP contribution in [0.25, 0.3) is 20.2 Å². The first-order chi connectivity index (χ1) is 16.9. The van der Waals surface area contributed by atoms with Crippen LogP contribution in [-0.4, -0.2) is 58.4 Å². The number of hydrogen-bond donors (Lipinski definition) is 0. The number of carbonyl (C=O) groups excluding carboxylic acids is 1. The minimum absolute atomic E-state index is 0. The minimum atomic E-state index is -0.103. The molecule has 0 saturated carbocycles. The zero-order chi connectivity index (χ0) is 24.9. The van der Waals surface area contributed by atoms with Gasteiger partial charge in [0, 0.05) is 38.5 Å². The average molecular weight is 584 g/mol. The van der Waals surface area contributed by atoms with Crippen molar-refractivity contribution < 1.29 is 26.5 Å². The van der Waals surface area contributed by atoms with E-state index in [1.807, 2.05) is 50.7 Å². The smallest absolute Gasteiger partial charge is 0.385 e. The maximum Gasteiger partial charge on any atom is 0.385 e. The van der Waals surface area contributed by atoms with E-state index in [4.69, 9.17) is 9.73 Å². The van der Waals surface area contributed by atoms with Crippen molar-refractivity contribution in [3.8, 4) is 5.75 Å². The number of fused-ring (bicyclic) bond motifs is 1. The molecule has 0 unspecified atom stereocenters. The average Bonchev–Trinajstić information content (AvgIpc) is 3.58. The predicted molar refractivity (Wildman–Crippen MR) is 147 cm³/mol. The molecule has 13 heteroatoms. The van der Waals surface area contributed by atoms with Crippen molar-refractivity contribution in [1.82, 2.24) is 14.4 Å². The number of hydrogen-bond acceptors (Lipinski definition) is 9. The maximum absolute atomic E-state index is 13.5. The van der Waals surface area contributed by atoms with E-state index >= 15 is 0 Å². The summed E-state index contributed by atoms with van der Waals surface area (Å²) >= 11 is 6.03. The van der Waals surface area contributed by atoms with Gasteiger partial charge in [-0.15, -0.1) is 23.1 Å². The Kier molecular flexibility index (Phi) is 8.10. The summed E-state index contributed by atoms with van der Waals surface area (Å²) in [5.41, 5.74) is 1.03. The Labute approximate surface area is 231 Å². The van der Waals surface area contributed by atoms with Gasteiger partial charge in [-0.05, 0) is 54.1 Å². The highest BCUT2D eigenvalue weighted by molar-refractivity contribution is 8.23. The van der Waals surface area contributed by atoms with Gasteiger partial charge in [-0.25, -0.2) is 4.57 Å². The van der Waals surface area contributed by atoms with Crippen LogP contribution in [0, 0.1) is 0 Å². The molecule has 0 radical (unpaired) electrons. The van der Waals surface area contributed by atoms with Crippen molar-refractivity contribution in [3.05, 3.63) is 37.7 Å². The summed E-state index contributed by atoms with van der Waals surface area (Å²) in [5.74, 6) is 1.66. The molecule has 8 nitrogen and oxygen atoms in total. The standard InChI is InChI=1S/C23H26N5O3S4.ClH/c1-6-27-18(29)16(20-25(3)10-11-32-20)34-21(27)17-19(30)28(7-2)23(35-17)24-22-26(4)14-9-8-13(31-5)12-15(14)33-22;/h8-9,12H,6-7,10-11H2,1-5H3;1H/q+1;/p-1/b20-16+,21-17-;. The largest absolute Gasteiger partial charge is 1.00 e. The molecule has 2 saturated heterocycles. The van der Waals surface area contributed by atoms with Crippen LogP contribution in [0.15, 0.2) is 28.0 Å². The molecule has 0 spiro atoms. The Morgan fingerprint density at radius 3 is 2.58 bits per heavy atom. The molecule has 5 rings (SSSR count). The third kappa shape index (κ3) is 4.47. The number of benzene rings is 1. The van der Waals surface area contributed by atoms with Gasteiger partial charge in [-0.3, -0.25) is 19.1 Å². The topological polar surface area (TPSA) is 71.0 Å². The van der Waals surface area contributed by atoms with E-state index in [0.717, 1.165) is 38.4 Å². The molecule has 0 bridgehead atoms. The lowest BCUT2D eigenvalue weighted by molar-refractivity contribution is -0.627. The quantitative estimate of drug-likeness (QED) is 0.372. The highest BCUT2D eigenvalue weighted by Crippen LogP contribution is 2.35. The molecule has 1 amide bonds. The van der Waals surface area contributed by atoms with Crippen LogP contribution in [0.4, 0.5) is 5.13 Å². The Morgan fingerprint density at radius 2 is 1.94 bits per heavy atom. The van der Waals surface area contributed by atoms with Gasteiger partial charge in [-0.1, -0.05) is 0 Å². The van der Waals surface area contributed by atoms with Crippen LogP contribution in [0.3, 0.4) is 0 Å². The molecule has 2 aliphatic rings. The summed E-state index contributed by atoms with van der Waals surface area (Å²) in [6.45, 7) is 5.82. The van der Waals surface area contributed by atoms with Gasteiger partial charge < -0.3 is 22.0 Å². The number of carbonyl (C=O) groups is 1. The first-order valence-corrected chi connectivity index (χ1v) is 14.7. The van der Waals surface area contributed by atoms with Gasteiger partial charge in [0.1, 0.15) is 25.4 Å². The number of aliphatic imine (C=N–C) groups is 1. The van der Waals surface area contributed by atoms with Crippen LogP contribution in [0.5, 0.6) is 5.75 Å². The summed E-state index contributed by atoms with van der Waals surface area (Å²) in [6, 6.07) is 5.94. The number of amides is 1. The Hall–Kier alpha value is -1.99. The van der Waals surface area contributed by atoms with Gasteiger partial charge in [0.25, 0.3) is 16.6 Å². The Balaban J connectivity index is 0.00000304. The summed E-state index contributed by atoms with van der Waals surface area (Å²) in [5, 5.41) is 2.42. The van der Waals surface area contributed by atoms with Crippen LogP contribution in [0.2, 0.25) is 0 Å². The second-order valence-electron chi connectivity index (χ2n) is 8.01. The van der Waals surface area contributed by atoms with E-state index in [2.05, 4.69) is 4.90 Å². The number of halogens is 1. The van der Waals surface area contributed by atoms with Gasteiger partial charge >= 0.3 is 5.13 Å². The molecule has 36 heavy (non-hydrogen) atoms. The summed E-state index contributed by atoms with van der Waals surface area (Å²) in [7, 11) is 5.64. The first-order valence-electron chi connectivity index (χ1n) is 11.2. The van der Waals surface area contributed by atoms with Crippen LogP contribution >= 0.6 is 46.2 Å². The summed E-state index contributed by atoms with van der Waals surface area (Å²) in [6.07, 6.45) is 0. The number of aryl methyl sites for hydroxylation is 1. The fraction of sp³-hybridized carbons (Fsp3) is 0.391.